The van der Waals surface area contributed by atoms with Crippen molar-refractivity contribution in [3.8, 4) is 0 Å². The number of aromatic amines is 4. The van der Waals surface area contributed by atoms with Crippen LogP contribution in [0.3, 0.4) is 0 Å². The van der Waals surface area contributed by atoms with Crippen molar-refractivity contribution in [3.05, 3.63) is 207 Å². The Labute approximate surface area is 703 Å². The lowest BCUT2D eigenvalue weighted by Gasteiger charge is -2.33. The Morgan fingerprint density at radius 3 is 0.880 bits per heavy atom. The van der Waals surface area contributed by atoms with Crippen LogP contribution in [-0.2, 0) is 81.5 Å². The number of amides is 4. The lowest BCUT2D eigenvalue weighted by atomic mass is 9.85. The second kappa shape index (κ2) is 37.7. The van der Waals surface area contributed by atoms with Crippen LogP contribution in [0.4, 0.5) is 87.8 Å². The first kappa shape index (κ1) is 92.4. The fourth-order valence-corrected chi connectivity index (χ4v) is 18.3. The molecule has 4 aromatic heterocycles. The number of ketones is 1. The molecule has 0 unspecified atom stereocenters. The number of carbonyl (C=O) groups is 5. The molecule has 4 aromatic carbocycles. The van der Waals surface area contributed by atoms with Gasteiger partial charge in [-0.25, -0.2) is 35.1 Å². The SMILES string of the molecule is CC(=O)CN1CCc2c(C(=O)N3CCC(c4ccc(F)c(F)c4C(F)(F)F)CC3)n[nH]c2C1.CCCN1CCc2c(C(=O)N3CCC(c4ccc(F)c(F)c4C(F)(F)F)CC3)n[nH]c2C1.CCN1CCc2c(C(=O)N3CCC(c4ccc(F)c(F)c4C(F)(F)F)CC3)n[nH]c2C1.CN1Cc2[nH]nc(C(=O)N3CCC(c4ccc(F)c(F)c4C(F)(F)F)CC3)c2C1. The first-order chi connectivity index (χ1) is 59.1. The molecule has 4 fully saturated rings. The molecule has 21 nitrogen and oxygen atoms in total. The molecule has 125 heavy (non-hydrogen) atoms. The van der Waals surface area contributed by atoms with Gasteiger partial charge >= 0.3 is 24.7 Å². The van der Waals surface area contributed by atoms with Gasteiger partial charge in [0.25, 0.3) is 23.6 Å². The summed E-state index contributed by atoms with van der Waals surface area (Å²) in [7, 11) is 1.92. The first-order valence-corrected chi connectivity index (χ1v) is 41.1. The first-order valence-electron chi connectivity index (χ1n) is 41.1. The summed E-state index contributed by atoms with van der Waals surface area (Å²) in [6.07, 6.45) is -15.2. The number of hydrogen-bond donors (Lipinski definition) is 4. The number of halogens is 20. The predicted octanol–water partition coefficient (Wildman–Crippen LogP) is 15.9. The zero-order chi connectivity index (χ0) is 90.2. The van der Waals surface area contributed by atoms with E-state index in [0.717, 1.165) is 120 Å². The molecule has 12 heterocycles. The van der Waals surface area contributed by atoms with Crippen molar-refractivity contribution in [2.75, 3.05) is 98.7 Å². The molecule has 16 rings (SSSR count). The van der Waals surface area contributed by atoms with Gasteiger partial charge in [-0.15, -0.1) is 0 Å². The molecule has 8 aliphatic heterocycles. The summed E-state index contributed by atoms with van der Waals surface area (Å²) >= 11 is 0. The van der Waals surface area contributed by atoms with Gasteiger partial charge in [0.1, 0.15) is 5.78 Å². The number of piperidine rings is 4. The number of alkyl halides is 12. The molecule has 676 valence electrons. The largest absolute Gasteiger partial charge is 0.419 e. The van der Waals surface area contributed by atoms with Crippen molar-refractivity contribution in [2.45, 2.75) is 179 Å². The van der Waals surface area contributed by atoms with Gasteiger partial charge in [-0.2, -0.15) is 73.1 Å². The number of fused-ring (bicyclic) bond motifs is 4. The van der Waals surface area contributed by atoms with Gasteiger partial charge in [-0.3, -0.25) is 64.0 Å². The van der Waals surface area contributed by atoms with Gasteiger partial charge in [0.05, 0.1) is 51.6 Å². The third-order valence-corrected chi connectivity index (χ3v) is 24.6. The Kier molecular flexibility index (Phi) is 27.9. The summed E-state index contributed by atoms with van der Waals surface area (Å²) in [5.74, 6) is -17.1. The summed E-state index contributed by atoms with van der Waals surface area (Å²) in [4.78, 5) is 78.0. The highest BCUT2D eigenvalue weighted by Crippen LogP contribution is 2.47. The number of likely N-dealkylation sites (N-methyl/N-ethyl adjacent to an activating group) is 1. The Hall–Kier alpha value is -10.3. The van der Waals surface area contributed by atoms with Crippen LogP contribution >= 0.6 is 0 Å². The molecule has 4 saturated heterocycles. The molecule has 41 heteroatoms. The van der Waals surface area contributed by atoms with E-state index in [1.54, 1.807) is 14.7 Å². The van der Waals surface area contributed by atoms with E-state index in [4.69, 9.17) is 0 Å². The molecule has 8 aliphatic rings. The summed E-state index contributed by atoms with van der Waals surface area (Å²) in [6, 6.07) is 6.90. The molecular weight excluding hydrogens is 1690 g/mol. The third-order valence-electron chi connectivity index (χ3n) is 24.6. The maximum atomic E-state index is 14.0. The molecular formula is C84H90F20N16O5. The number of H-pyrrole nitrogens is 4. The van der Waals surface area contributed by atoms with Crippen LogP contribution in [0.15, 0.2) is 48.5 Å². The van der Waals surface area contributed by atoms with Gasteiger partial charge in [-0.05, 0) is 174 Å². The van der Waals surface area contributed by atoms with Crippen LogP contribution in [0.2, 0.25) is 0 Å². The topological polar surface area (TPSA) is 226 Å². The van der Waals surface area contributed by atoms with E-state index in [1.807, 2.05) is 16.8 Å². The zero-order valence-corrected chi connectivity index (χ0v) is 68.3. The van der Waals surface area contributed by atoms with E-state index in [-0.39, 0.29) is 161 Å². The molecule has 0 saturated carbocycles. The van der Waals surface area contributed by atoms with Crippen LogP contribution in [0.1, 0.15) is 234 Å². The molecule has 0 aliphatic carbocycles. The minimum atomic E-state index is -5.02. The van der Waals surface area contributed by atoms with Crippen LogP contribution in [-0.4, -0.2) is 208 Å². The molecule has 0 atom stereocenters. The summed E-state index contributed by atoms with van der Waals surface area (Å²) < 4.78 is 270. The maximum Gasteiger partial charge on any atom is 0.419 e. The minimum Gasteiger partial charge on any atom is -0.337 e. The Morgan fingerprint density at radius 2 is 0.608 bits per heavy atom. The minimum absolute atomic E-state index is 0.0480. The Bertz CT molecular complexity index is 5280. The summed E-state index contributed by atoms with van der Waals surface area (Å²) in [5.41, 5.74) is 1.09. The van der Waals surface area contributed by atoms with Crippen molar-refractivity contribution >= 4 is 29.4 Å². The van der Waals surface area contributed by atoms with Crippen molar-refractivity contribution < 1.29 is 112 Å². The third kappa shape index (κ3) is 20.1. The van der Waals surface area contributed by atoms with Gasteiger partial charge in [-0.1, -0.05) is 38.1 Å². The highest BCUT2D eigenvalue weighted by Gasteiger charge is 2.47. The van der Waals surface area contributed by atoms with Crippen LogP contribution < -0.4 is 0 Å². The number of nitrogens with zero attached hydrogens (tertiary/aromatic N) is 12. The number of likely N-dealkylation sites (tertiary alicyclic amines) is 4. The van der Waals surface area contributed by atoms with E-state index in [9.17, 15) is 112 Å². The number of aromatic nitrogens is 8. The normalized spacial score (nSPS) is 18.1. The van der Waals surface area contributed by atoms with E-state index in [1.165, 1.54) is 11.8 Å². The number of Topliss-reactive ketones (excluding diaryl/α,β-unsaturated/α-hetero) is 1. The van der Waals surface area contributed by atoms with E-state index < -0.39 is 117 Å². The quantitative estimate of drug-likeness (QED) is 0.0789. The fourth-order valence-electron chi connectivity index (χ4n) is 18.3. The molecule has 0 spiro atoms. The number of rotatable bonds is 13. The predicted molar refractivity (Wildman–Crippen MR) is 410 cm³/mol. The van der Waals surface area contributed by atoms with E-state index in [0.29, 0.717) is 88.2 Å². The fraction of sp³-hybridized carbons (Fsp3) is 0.512. The highest BCUT2D eigenvalue weighted by atomic mass is 19.4. The van der Waals surface area contributed by atoms with Crippen molar-refractivity contribution in [1.29, 1.82) is 0 Å². The Balaban J connectivity index is 0.000000143. The molecule has 8 aromatic rings. The van der Waals surface area contributed by atoms with Gasteiger partial charge in [0.15, 0.2) is 69.3 Å². The average molecular weight is 1780 g/mol. The number of hydrogen-bond acceptors (Lipinski definition) is 13. The van der Waals surface area contributed by atoms with Crippen LogP contribution in [0, 0.1) is 46.5 Å². The second-order valence-corrected chi connectivity index (χ2v) is 32.7. The van der Waals surface area contributed by atoms with E-state index >= 15 is 0 Å². The van der Waals surface area contributed by atoms with E-state index in [2.05, 4.69) is 64.4 Å². The zero-order valence-electron chi connectivity index (χ0n) is 68.3. The van der Waals surface area contributed by atoms with Gasteiger partial charge in [0, 0.05) is 127 Å². The average Bonchev–Trinajstić information content (AvgIpc) is 1.35. The van der Waals surface area contributed by atoms with Crippen molar-refractivity contribution in [3.63, 3.8) is 0 Å². The van der Waals surface area contributed by atoms with Crippen molar-refractivity contribution in [1.82, 2.24) is 80.0 Å². The standard InChI is InChI=1S/C22H23F5N4O2.C22H25F5N4O.C21H23F5N4O.C19H19F5N4O/c1-12(32)10-30-7-6-15-17(11-30)28-29-20(15)21(33)31-8-4-13(5-9-31)14-2-3-16(23)19(24)18(14)22(25,26)27;1-2-8-30-9-7-15-17(12-30)28-29-20(15)21(32)31-10-5-13(6-11-31)14-3-4-16(23)19(24)18(14)22(25,26)27;1-2-29-8-7-14-16(11-29)27-28-19(14)20(31)30-9-5-12(6-10-30)13-3-4-15(22)18(23)17(13)21(24,25)26;1-27-8-12-14(9-27)25-26-17(12)18(29)28-6-4-10(5-7-28)11-2-3-13(20)16(21)15(11)19(22,23)24/h2-3,13H,4-11H2,1H3,(H,28,29);3-4,13H,2,5-12H2,1H3,(H,28,29);3-4,12H,2,5-11H2,1H3,(H,27,28);2-3,10H,4-9H2,1H3,(H,25,26). The van der Waals surface area contributed by atoms with Gasteiger partial charge < -0.3 is 19.6 Å². The number of nitrogens with one attached hydrogen (secondary N) is 4. The molecule has 0 radical (unpaired) electrons. The maximum absolute atomic E-state index is 14.0. The Morgan fingerprint density at radius 1 is 0.352 bits per heavy atom. The number of benzene rings is 4. The van der Waals surface area contributed by atoms with Crippen LogP contribution in [0.25, 0.3) is 0 Å². The summed E-state index contributed by atoms with van der Waals surface area (Å²) in [5, 5.41) is 28.3. The van der Waals surface area contributed by atoms with Crippen LogP contribution in [0.5, 0.6) is 0 Å². The summed E-state index contributed by atoms with van der Waals surface area (Å²) in [6.45, 7) is 15.0. The molecule has 4 N–H and O–H groups in total. The smallest absolute Gasteiger partial charge is 0.337 e. The lowest BCUT2D eigenvalue weighted by Crippen LogP contribution is -2.39. The number of carbonyl (C=O) groups excluding carboxylic acids is 5. The molecule has 0 bridgehead atoms. The molecule has 4 amide bonds. The monoisotopic (exact) mass is 1780 g/mol. The van der Waals surface area contributed by atoms with Crippen molar-refractivity contribution in [2.24, 2.45) is 0 Å². The van der Waals surface area contributed by atoms with Gasteiger partial charge in [0.2, 0.25) is 0 Å². The lowest BCUT2D eigenvalue weighted by molar-refractivity contribution is -0.142. The second-order valence-electron chi connectivity index (χ2n) is 32.7. The highest BCUT2D eigenvalue weighted by molar-refractivity contribution is 5.96.